The fraction of sp³-hybridized carbons (Fsp3) is 0.500. The average molecular weight is 453 g/mol. The van der Waals surface area contributed by atoms with Crippen LogP contribution in [0.1, 0.15) is 55.6 Å². The fourth-order valence-corrected chi connectivity index (χ4v) is 5.72. The number of anilines is 1. The van der Waals surface area contributed by atoms with Crippen LogP contribution in [0.25, 0.3) is 5.65 Å². The van der Waals surface area contributed by atoms with Crippen LogP contribution < -0.4 is 20.3 Å². The average Bonchev–Trinajstić information content (AvgIpc) is 3.50. The van der Waals surface area contributed by atoms with E-state index in [1.54, 1.807) is 7.11 Å². The van der Waals surface area contributed by atoms with Crippen molar-refractivity contribution in [1.82, 2.24) is 25.0 Å². The number of nitrogens with zero attached hydrogens (tertiary/aromatic N) is 4. The zero-order valence-corrected chi connectivity index (χ0v) is 19.1. The topological polar surface area (TPSA) is 66.7 Å². The molecule has 5 heterocycles. The predicted octanol–water partition coefficient (Wildman–Crippen LogP) is 3.89. The summed E-state index contributed by atoms with van der Waals surface area (Å²) in [4.78, 5) is 12.1. The molecule has 7 nitrogen and oxygen atoms in total. The van der Waals surface area contributed by atoms with E-state index in [0.29, 0.717) is 10.7 Å². The summed E-state index contributed by atoms with van der Waals surface area (Å²) in [5.41, 5.74) is 3.09. The van der Waals surface area contributed by atoms with Gasteiger partial charge < -0.3 is 20.3 Å². The number of imidazole rings is 1. The maximum atomic E-state index is 7.03. The highest BCUT2D eigenvalue weighted by molar-refractivity contribution is 6.30. The van der Waals surface area contributed by atoms with E-state index in [4.69, 9.17) is 21.3 Å². The summed E-state index contributed by atoms with van der Waals surface area (Å²) >= 11 is 7.03. The molecular formula is C24H29ClN6O. The lowest BCUT2D eigenvalue weighted by Crippen LogP contribution is -2.53. The van der Waals surface area contributed by atoms with Crippen molar-refractivity contribution in [2.75, 3.05) is 31.6 Å². The third-order valence-corrected chi connectivity index (χ3v) is 7.57. The first-order valence-electron chi connectivity index (χ1n) is 11.6. The second-order valence-corrected chi connectivity index (χ2v) is 9.65. The van der Waals surface area contributed by atoms with Gasteiger partial charge in [-0.15, -0.1) is 0 Å². The molecule has 1 saturated carbocycles. The van der Waals surface area contributed by atoms with E-state index in [1.165, 1.54) is 12.8 Å². The molecule has 0 bridgehead atoms. The van der Waals surface area contributed by atoms with Gasteiger partial charge in [0.15, 0.2) is 0 Å². The van der Waals surface area contributed by atoms with Crippen molar-refractivity contribution < 1.29 is 4.74 Å². The van der Waals surface area contributed by atoms with Crippen molar-refractivity contribution in [1.29, 1.82) is 0 Å². The zero-order valence-electron chi connectivity index (χ0n) is 18.4. The first kappa shape index (κ1) is 20.3. The van der Waals surface area contributed by atoms with E-state index in [0.717, 1.165) is 67.5 Å². The van der Waals surface area contributed by atoms with Crippen molar-refractivity contribution in [3.8, 4) is 5.75 Å². The second kappa shape index (κ2) is 7.90. The van der Waals surface area contributed by atoms with Crippen molar-refractivity contribution >= 4 is 23.1 Å². The third kappa shape index (κ3) is 3.43. The zero-order chi connectivity index (χ0) is 21.7. The smallest absolute Gasteiger partial charge is 0.141 e. The number of pyridine rings is 2. The Kier molecular flexibility index (Phi) is 5.01. The summed E-state index contributed by atoms with van der Waals surface area (Å²) < 4.78 is 7.69. The molecule has 0 radical (unpaired) electrons. The van der Waals surface area contributed by atoms with Crippen LogP contribution in [0, 0.1) is 0 Å². The molecule has 3 aromatic rings. The first-order valence-corrected chi connectivity index (χ1v) is 12.0. The SMILES string of the molecule is COc1cccnc1C1CCCC(c2nc3cccc(N4CCNC5(CC5)C4)n3c2Cl)N1. The number of ether oxygens (including phenoxy) is 1. The minimum atomic E-state index is 0.0820. The molecule has 168 valence electrons. The number of halogens is 1. The summed E-state index contributed by atoms with van der Waals surface area (Å²) in [5.74, 6) is 1.96. The molecule has 2 N–H and O–H groups in total. The Morgan fingerprint density at radius 3 is 2.78 bits per heavy atom. The van der Waals surface area contributed by atoms with Gasteiger partial charge in [-0.1, -0.05) is 17.7 Å². The number of aromatic nitrogens is 3. The van der Waals surface area contributed by atoms with Gasteiger partial charge in [0, 0.05) is 31.4 Å². The van der Waals surface area contributed by atoms with Crippen molar-refractivity contribution in [3.63, 3.8) is 0 Å². The summed E-state index contributed by atoms with van der Waals surface area (Å²) in [6.07, 6.45) is 7.44. The third-order valence-electron chi connectivity index (χ3n) is 7.21. The van der Waals surface area contributed by atoms with E-state index in [9.17, 15) is 0 Å². The lowest BCUT2D eigenvalue weighted by molar-refractivity contribution is 0.310. The number of fused-ring (bicyclic) bond motifs is 1. The molecule has 3 fully saturated rings. The van der Waals surface area contributed by atoms with Crippen LogP contribution in [0.2, 0.25) is 5.15 Å². The quantitative estimate of drug-likeness (QED) is 0.626. The molecular weight excluding hydrogens is 424 g/mol. The number of hydrogen-bond acceptors (Lipinski definition) is 6. The predicted molar refractivity (Wildman–Crippen MR) is 126 cm³/mol. The Balaban J connectivity index is 1.33. The lowest BCUT2D eigenvalue weighted by atomic mass is 9.94. The van der Waals surface area contributed by atoms with Crippen LogP contribution in [0.15, 0.2) is 36.5 Å². The van der Waals surface area contributed by atoms with E-state index in [2.05, 4.69) is 43.1 Å². The van der Waals surface area contributed by atoms with Crippen molar-refractivity contribution in [2.24, 2.45) is 0 Å². The summed E-state index contributed by atoms with van der Waals surface area (Å²) in [7, 11) is 1.70. The Hall–Kier alpha value is -2.35. The van der Waals surface area contributed by atoms with Gasteiger partial charge in [0.25, 0.3) is 0 Å². The van der Waals surface area contributed by atoms with Crippen LogP contribution >= 0.6 is 11.6 Å². The van der Waals surface area contributed by atoms with Crippen LogP contribution in [-0.2, 0) is 0 Å². The molecule has 2 saturated heterocycles. The monoisotopic (exact) mass is 452 g/mol. The Bertz CT molecular complexity index is 1140. The lowest BCUT2D eigenvalue weighted by Gasteiger charge is -2.36. The number of rotatable bonds is 4. The van der Waals surface area contributed by atoms with Crippen LogP contribution in [0.3, 0.4) is 0 Å². The molecule has 0 aromatic carbocycles. The van der Waals surface area contributed by atoms with Gasteiger partial charge in [-0.2, -0.15) is 0 Å². The molecule has 1 aliphatic carbocycles. The molecule has 2 unspecified atom stereocenters. The van der Waals surface area contributed by atoms with E-state index < -0.39 is 0 Å². The Morgan fingerprint density at radius 1 is 1.12 bits per heavy atom. The van der Waals surface area contributed by atoms with Gasteiger partial charge in [-0.05, 0) is 56.4 Å². The van der Waals surface area contributed by atoms with Crippen molar-refractivity contribution in [3.05, 3.63) is 53.1 Å². The number of piperazine rings is 1. The maximum Gasteiger partial charge on any atom is 0.141 e. The largest absolute Gasteiger partial charge is 0.495 e. The molecule has 0 amide bonds. The van der Waals surface area contributed by atoms with Gasteiger partial charge in [0.05, 0.1) is 30.6 Å². The summed E-state index contributed by atoms with van der Waals surface area (Å²) in [6.45, 7) is 3.01. The van der Waals surface area contributed by atoms with Gasteiger partial charge in [0.2, 0.25) is 0 Å². The number of methoxy groups -OCH3 is 1. The molecule has 3 aromatic heterocycles. The van der Waals surface area contributed by atoms with Crippen molar-refractivity contribution in [2.45, 2.75) is 49.7 Å². The van der Waals surface area contributed by atoms with Crippen LogP contribution in [0.4, 0.5) is 5.82 Å². The Labute approximate surface area is 193 Å². The maximum absolute atomic E-state index is 7.03. The molecule has 2 aliphatic heterocycles. The highest BCUT2D eigenvalue weighted by Crippen LogP contribution is 2.41. The Morgan fingerprint density at radius 2 is 1.97 bits per heavy atom. The number of nitrogens with one attached hydrogen (secondary N) is 2. The minimum absolute atomic E-state index is 0.0820. The molecule has 2 atom stereocenters. The number of piperidine rings is 1. The van der Waals surface area contributed by atoms with Gasteiger partial charge in [-0.3, -0.25) is 9.38 Å². The second-order valence-electron chi connectivity index (χ2n) is 9.29. The van der Waals surface area contributed by atoms with Gasteiger partial charge in [0.1, 0.15) is 22.4 Å². The van der Waals surface area contributed by atoms with E-state index >= 15 is 0 Å². The highest BCUT2D eigenvalue weighted by Gasteiger charge is 2.46. The standard InChI is InChI=1S/C24H29ClN6O/c1-32-18-7-4-12-26-21(18)16-5-2-6-17(28-16)22-23(25)31-19(29-22)8-3-9-20(31)30-14-13-27-24(15-30)10-11-24/h3-4,7-9,12,16-17,27-28H,2,5-6,10-11,13-15H2,1H3. The molecule has 8 heteroatoms. The molecule has 3 aliphatic rings. The van der Waals surface area contributed by atoms with Crippen LogP contribution in [-0.4, -0.2) is 46.7 Å². The minimum Gasteiger partial charge on any atom is -0.495 e. The van der Waals surface area contributed by atoms with E-state index in [-0.39, 0.29) is 12.1 Å². The summed E-state index contributed by atoms with van der Waals surface area (Å²) in [5, 5.41) is 8.16. The highest BCUT2D eigenvalue weighted by atomic mass is 35.5. The normalized spacial score (nSPS) is 24.8. The van der Waals surface area contributed by atoms with Gasteiger partial charge in [-0.25, -0.2) is 4.98 Å². The molecule has 32 heavy (non-hydrogen) atoms. The fourth-order valence-electron chi connectivity index (χ4n) is 5.37. The number of hydrogen-bond donors (Lipinski definition) is 2. The van der Waals surface area contributed by atoms with E-state index in [1.807, 2.05) is 18.3 Å². The van der Waals surface area contributed by atoms with Crippen LogP contribution in [0.5, 0.6) is 5.75 Å². The first-order chi connectivity index (χ1) is 15.7. The molecule has 6 rings (SSSR count). The summed E-state index contributed by atoms with van der Waals surface area (Å²) in [6, 6.07) is 10.4. The molecule has 1 spiro atoms. The van der Waals surface area contributed by atoms with Gasteiger partial charge >= 0.3 is 0 Å².